The molecule has 2 saturated heterocycles. The van der Waals surface area contributed by atoms with Crippen molar-refractivity contribution >= 4 is 5.96 Å². The predicted molar refractivity (Wildman–Crippen MR) is 95.7 cm³/mol. The molecular formula is C19H35N3O. The fraction of sp³-hybridized carbons (Fsp3) is 0.947. The molecule has 3 rings (SSSR count). The SMILES string of the molecule is CN=C(NCC1CCC(C(C)C)CC1)N1CCC2(CCOC2)C1. The molecule has 2 heterocycles. The number of likely N-dealkylation sites (tertiary alicyclic amines) is 1. The van der Waals surface area contributed by atoms with Gasteiger partial charge in [-0.05, 0) is 56.3 Å². The normalized spacial score (nSPS) is 35.5. The zero-order valence-corrected chi connectivity index (χ0v) is 15.3. The van der Waals surface area contributed by atoms with E-state index in [-0.39, 0.29) is 0 Å². The number of hydrogen-bond donors (Lipinski definition) is 1. The Bertz CT molecular complexity index is 407. The van der Waals surface area contributed by atoms with Crippen LogP contribution in [0.4, 0.5) is 0 Å². The van der Waals surface area contributed by atoms with Gasteiger partial charge >= 0.3 is 0 Å². The number of rotatable bonds is 3. The maximum atomic E-state index is 5.64. The molecule has 1 N–H and O–H groups in total. The van der Waals surface area contributed by atoms with Gasteiger partial charge in [-0.25, -0.2) is 0 Å². The minimum absolute atomic E-state index is 0.410. The zero-order valence-electron chi connectivity index (χ0n) is 15.3. The standard InChI is InChI=1S/C19H35N3O/c1-15(2)17-6-4-16(5-7-17)12-21-18(20-3)22-10-8-19(13-22)9-11-23-14-19/h15-17H,4-14H2,1-3H3,(H,20,21). The van der Waals surface area contributed by atoms with Gasteiger partial charge in [-0.15, -0.1) is 0 Å². The summed E-state index contributed by atoms with van der Waals surface area (Å²) in [4.78, 5) is 7.00. The van der Waals surface area contributed by atoms with Crippen LogP contribution in [0.2, 0.25) is 0 Å². The van der Waals surface area contributed by atoms with Crippen LogP contribution < -0.4 is 5.32 Å². The first-order chi connectivity index (χ1) is 11.1. The predicted octanol–water partition coefficient (Wildman–Crippen LogP) is 3.14. The van der Waals surface area contributed by atoms with Crippen molar-refractivity contribution in [1.29, 1.82) is 0 Å². The number of aliphatic imine (C=N–C) groups is 1. The summed E-state index contributed by atoms with van der Waals surface area (Å²) < 4.78 is 5.64. The Morgan fingerprint density at radius 3 is 2.65 bits per heavy atom. The zero-order chi connectivity index (χ0) is 16.3. The molecule has 1 aliphatic carbocycles. The second-order valence-electron chi connectivity index (χ2n) is 8.43. The van der Waals surface area contributed by atoms with Crippen molar-refractivity contribution in [2.45, 2.75) is 52.4 Å². The van der Waals surface area contributed by atoms with Crippen LogP contribution in [0, 0.1) is 23.2 Å². The van der Waals surface area contributed by atoms with Gasteiger partial charge in [0.05, 0.1) is 6.61 Å². The van der Waals surface area contributed by atoms with Crippen LogP contribution in [0.25, 0.3) is 0 Å². The number of ether oxygens (including phenoxy) is 1. The fourth-order valence-corrected chi connectivity index (χ4v) is 4.71. The third-order valence-electron chi connectivity index (χ3n) is 6.52. The van der Waals surface area contributed by atoms with Crippen LogP contribution in [0.5, 0.6) is 0 Å². The molecule has 4 heteroatoms. The minimum Gasteiger partial charge on any atom is -0.381 e. The quantitative estimate of drug-likeness (QED) is 0.641. The molecule has 0 amide bonds. The number of hydrogen-bond acceptors (Lipinski definition) is 2. The van der Waals surface area contributed by atoms with E-state index in [0.717, 1.165) is 56.6 Å². The highest BCUT2D eigenvalue weighted by Crippen LogP contribution is 2.38. The van der Waals surface area contributed by atoms with Crippen molar-refractivity contribution in [3.05, 3.63) is 0 Å². The lowest BCUT2D eigenvalue weighted by Crippen LogP contribution is -2.43. The molecule has 1 atom stereocenters. The Kier molecular flexibility index (Phi) is 5.50. The molecule has 3 aliphatic rings. The van der Waals surface area contributed by atoms with E-state index in [2.05, 4.69) is 29.1 Å². The van der Waals surface area contributed by atoms with Gasteiger partial charge in [0.1, 0.15) is 0 Å². The Morgan fingerprint density at radius 1 is 1.26 bits per heavy atom. The van der Waals surface area contributed by atoms with Crippen molar-refractivity contribution in [3.63, 3.8) is 0 Å². The highest BCUT2D eigenvalue weighted by atomic mass is 16.5. The molecule has 2 aliphatic heterocycles. The molecule has 23 heavy (non-hydrogen) atoms. The fourth-order valence-electron chi connectivity index (χ4n) is 4.71. The van der Waals surface area contributed by atoms with E-state index in [4.69, 9.17) is 4.74 Å². The molecule has 3 fully saturated rings. The van der Waals surface area contributed by atoms with Crippen LogP contribution in [-0.2, 0) is 4.74 Å². The Morgan fingerprint density at radius 2 is 2.04 bits per heavy atom. The molecule has 1 spiro atoms. The van der Waals surface area contributed by atoms with E-state index < -0.39 is 0 Å². The lowest BCUT2D eigenvalue weighted by Gasteiger charge is -2.32. The van der Waals surface area contributed by atoms with Gasteiger partial charge in [-0.2, -0.15) is 0 Å². The van der Waals surface area contributed by atoms with E-state index >= 15 is 0 Å². The largest absolute Gasteiger partial charge is 0.381 e. The summed E-state index contributed by atoms with van der Waals surface area (Å²) in [6.07, 6.45) is 8.06. The monoisotopic (exact) mass is 321 g/mol. The van der Waals surface area contributed by atoms with Crippen LogP contribution in [0.1, 0.15) is 52.4 Å². The maximum absolute atomic E-state index is 5.64. The first-order valence-electron chi connectivity index (χ1n) is 9.65. The average molecular weight is 322 g/mol. The highest BCUT2D eigenvalue weighted by Gasteiger charge is 2.42. The third kappa shape index (κ3) is 4.01. The van der Waals surface area contributed by atoms with Crippen molar-refractivity contribution in [2.24, 2.45) is 28.2 Å². The van der Waals surface area contributed by atoms with Crippen molar-refractivity contribution in [2.75, 3.05) is 39.9 Å². The average Bonchev–Trinajstić information content (AvgIpc) is 3.19. The van der Waals surface area contributed by atoms with Gasteiger partial charge in [-0.1, -0.05) is 13.8 Å². The molecular weight excluding hydrogens is 286 g/mol. The van der Waals surface area contributed by atoms with Gasteiger partial charge in [-0.3, -0.25) is 4.99 Å². The lowest BCUT2D eigenvalue weighted by atomic mass is 9.77. The van der Waals surface area contributed by atoms with Crippen LogP contribution >= 0.6 is 0 Å². The van der Waals surface area contributed by atoms with Gasteiger partial charge in [0.2, 0.25) is 0 Å². The van der Waals surface area contributed by atoms with Crippen molar-refractivity contribution in [1.82, 2.24) is 10.2 Å². The summed E-state index contributed by atoms with van der Waals surface area (Å²) >= 11 is 0. The smallest absolute Gasteiger partial charge is 0.193 e. The summed E-state index contributed by atoms with van der Waals surface area (Å²) in [5.41, 5.74) is 0.410. The molecule has 1 unspecified atom stereocenters. The first-order valence-corrected chi connectivity index (χ1v) is 9.65. The maximum Gasteiger partial charge on any atom is 0.193 e. The molecule has 0 bridgehead atoms. The van der Waals surface area contributed by atoms with E-state index in [0.29, 0.717) is 5.41 Å². The number of guanidine groups is 1. The molecule has 132 valence electrons. The summed E-state index contributed by atoms with van der Waals surface area (Å²) in [6, 6.07) is 0. The summed E-state index contributed by atoms with van der Waals surface area (Å²) in [7, 11) is 1.92. The lowest BCUT2D eigenvalue weighted by molar-refractivity contribution is 0.156. The number of nitrogens with zero attached hydrogens (tertiary/aromatic N) is 2. The number of nitrogens with one attached hydrogen (secondary N) is 1. The Hall–Kier alpha value is -0.770. The molecule has 0 aromatic rings. The summed E-state index contributed by atoms with van der Waals surface area (Å²) in [6.45, 7) is 9.98. The topological polar surface area (TPSA) is 36.9 Å². The van der Waals surface area contributed by atoms with Gasteiger partial charge in [0, 0.05) is 38.7 Å². The van der Waals surface area contributed by atoms with Gasteiger partial charge in [0.25, 0.3) is 0 Å². The summed E-state index contributed by atoms with van der Waals surface area (Å²) in [5.74, 6) is 3.74. The minimum atomic E-state index is 0.410. The van der Waals surface area contributed by atoms with Gasteiger partial charge in [0.15, 0.2) is 5.96 Å². The van der Waals surface area contributed by atoms with Crippen LogP contribution in [-0.4, -0.2) is 50.8 Å². The van der Waals surface area contributed by atoms with E-state index in [1.807, 2.05) is 7.05 Å². The van der Waals surface area contributed by atoms with Crippen LogP contribution in [0.3, 0.4) is 0 Å². The van der Waals surface area contributed by atoms with Crippen molar-refractivity contribution < 1.29 is 4.74 Å². The second-order valence-corrected chi connectivity index (χ2v) is 8.43. The molecule has 0 aromatic heterocycles. The highest BCUT2D eigenvalue weighted by molar-refractivity contribution is 5.80. The summed E-state index contributed by atoms with van der Waals surface area (Å²) in [5, 5.41) is 3.67. The van der Waals surface area contributed by atoms with E-state index in [1.54, 1.807) is 0 Å². The molecule has 0 aromatic carbocycles. The molecule has 0 radical (unpaired) electrons. The Labute approximate surface area is 142 Å². The van der Waals surface area contributed by atoms with E-state index in [9.17, 15) is 0 Å². The molecule has 4 nitrogen and oxygen atoms in total. The Balaban J connectivity index is 1.44. The first kappa shape index (κ1) is 17.1. The van der Waals surface area contributed by atoms with Crippen LogP contribution in [0.15, 0.2) is 4.99 Å². The van der Waals surface area contributed by atoms with E-state index in [1.165, 1.54) is 38.5 Å². The van der Waals surface area contributed by atoms with Crippen molar-refractivity contribution in [3.8, 4) is 0 Å². The third-order valence-corrected chi connectivity index (χ3v) is 6.52. The second kappa shape index (κ2) is 7.42. The van der Waals surface area contributed by atoms with Gasteiger partial charge < -0.3 is 15.0 Å². The molecule has 1 saturated carbocycles.